The lowest BCUT2D eigenvalue weighted by molar-refractivity contribution is -0.121. The summed E-state index contributed by atoms with van der Waals surface area (Å²) in [4.78, 5) is 17.4. The molecule has 1 unspecified atom stereocenters. The number of piperazine rings is 1. The number of amides is 1. The molecule has 1 amide bonds. The van der Waals surface area contributed by atoms with E-state index in [9.17, 15) is 4.79 Å². The van der Waals surface area contributed by atoms with Crippen molar-refractivity contribution in [3.63, 3.8) is 0 Å². The van der Waals surface area contributed by atoms with Crippen LogP contribution in [0.3, 0.4) is 0 Å². The van der Waals surface area contributed by atoms with Gasteiger partial charge in [-0.3, -0.25) is 10.1 Å². The fourth-order valence-electron chi connectivity index (χ4n) is 2.00. The molecular formula is C10H15N5O3. The lowest BCUT2D eigenvalue weighted by Crippen LogP contribution is -2.47. The summed E-state index contributed by atoms with van der Waals surface area (Å²) >= 11 is 0. The smallest absolute Gasteiger partial charge is 0.266 e. The Morgan fingerprint density at radius 3 is 2.89 bits per heavy atom. The molecule has 1 aromatic heterocycles. The molecule has 98 valence electrons. The minimum atomic E-state index is -0.106. The van der Waals surface area contributed by atoms with Gasteiger partial charge in [-0.15, -0.1) is 0 Å². The van der Waals surface area contributed by atoms with Gasteiger partial charge in [-0.1, -0.05) is 0 Å². The van der Waals surface area contributed by atoms with Crippen molar-refractivity contribution in [2.75, 3.05) is 44.3 Å². The van der Waals surface area contributed by atoms with Crippen LogP contribution in [0, 0.1) is 0 Å². The lowest BCUT2D eigenvalue weighted by atomic mass is 10.2. The van der Waals surface area contributed by atoms with E-state index in [-0.39, 0.29) is 18.5 Å². The number of anilines is 1. The van der Waals surface area contributed by atoms with E-state index in [1.807, 2.05) is 4.90 Å². The van der Waals surface area contributed by atoms with Crippen molar-refractivity contribution in [3.8, 4) is 0 Å². The zero-order chi connectivity index (χ0) is 12.4. The van der Waals surface area contributed by atoms with Gasteiger partial charge in [0.05, 0.1) is 19.8 Å². The fourth-order valence-corrected chi connectivity index (χ4v) is 2.00. The van der Waals surface area contributed by atoms with Gasteiger partial charge in [-0.25, -0.2) is 0 Å². The van der Waals surface area contributed by atoms with Crippen LogP contribution in [0.5, 0.6) is 0 Å². The molecule has 2 saturated heterocycles. The van der Waals surface area contributed by atoms with Crippen molar-refractivity contribution in [1.29, 1.82) is 0 Å². The van der Waals surface area contributed by atoms with E-state index in [1.165, 1.54) is 0 Å². The van der Waals surface area contributed by atoms with Crippen LogP contribution in [0.2, 0.25) is 0 Å². The molecule has 2 aliphatic rings. The highest BCUT2D eigenvalue weighted by Crippen LogP contribution is 2.16. The molecule has 1 atom stereocenters. The zero-order valence-electron chi connectivity index (χ0n) is 9.89. The number of carbonyl (C=O) groups excluding carboxylic acids is 1. The van der Waals surface area contributed by atoms with E-state index < -0.39 is 0 Å². The number of rotatable bonds is 2. The van der Waals surface area contributed by atoms with Crippen LogP contribution in [0.15, 0.2) is 4.52 Å². The molecule has 8 heteroatoms. The largest absolute Gasteiger partial charge is 0.378 e. The first kappa shape index (κ1) is 11.4. The summed E-state index contributed by atoms with van der Waals surface area (Å²) in [6.07, 6.45) is 0. The molecule has 1 aromatic rings. The summed E-state index contributed by atoms with van der Waals surface area (Å²) in [5, 5.41) is 9.77. The van der Waals surface area contributed by atoms with Crippen LogP contribution in [-0.2, 0) is 9.53 Å². The van der Waals surface area contributed by atoms with Gasteiger partial charge in [-0.2, -0.15) is 4.98 Å². The molecule has 0 saturated carbocycles. The maximum Gasteiger partial charge on any atom is 0.266 e. The molecule has 0 radical (unpaired) electrons. The van der Waals surface area contributed by atoms with E-state index in [2.05, 4.69) is 20.8 Å². The number of hydrogen-bond acceptors (Lipinski definition) is 7. The van der Waals surface area contributed by atoms with E-state index in [4.69, 9.17) is 9.26 Å². The molecule has 2 N–H and O–H groups in total. The van der Waals surface area contributed by atoms with E-state index in [1.54, 1.807) is 0 Å². The average molecular weight is 253 g/mol. The van der Waals surface area contributed by atoms with Crippen molar-refractivity contribution in [1.82, 2.24) is 20.8 Å². The Labute approximate surface area is 104 Å². The van der Waals surface area contributed by atoms with E-state index in [0.717, 1.165) is 13.1 Å². The second-order valence-corrected chi connectivity index (χ2v) is 4.27. The molecule has 0 aliphatic carbocycles. The molecular weight excluding hydrogens is 238 g/mol. The third-order valence-electron chi connectivity index (χ3n) is 3.04. The quantitative estimate of drug-likeness (QED) is 0.674. The highest BCUT2D eigenvalue weighted by atomic mass is 16.5. The number of nitrogens with one attached hydrogen (secondary N) is 2. The van der Waals surface area contributed by atoms with Gasteiger partial charge in [0.2, 0.25) is 11.8 Å². The highest BCUT2D eigenvalue weighted by molar-refractivity contribution is 5.78. The Hall–Kier alpha value is -1.67. The summed E-state index contributed by atoms with van der Waals surface area (Å²) in [5.41, 5.74) is 0. The van der Waals surface area contributed by atoms with Crippen molar-refractivity contribution in [2.45, 2.75) is 6.04 Å². The van der Waals surface area contributed by atoms with E-state index >= 15 is 0 Å². The van der Waals surface area contributed by atoms with Crippen LogP contribution < -0.4 is 15.5 Å². The van der Waals surface area contributed by atoms with Crippen LogP contribution in [0.25, 0.3) is 0 Å². The van der Waals surface area contributed by atoms with Gasteiger partial charge in [0.1, 0.15) is 6.04 Å². The minimum absolute atomic E-state index is 0.0147. The number of aromatic nitrogens is 2. The molecule has 0 bridgehead atoms. The topological polar surface area (TPSA) is 92.5 Å². The second-order valence-electron chi connectivity index (χ2n) is 4.27. The Kier molecular flexibility index (Phi) is 3.11. The maximum atomic E-state index is 11.0. The molecule has 18 heavy (non-hydrogen) atoms. The van der Waals surface area contributed by atoms with Gasteiger partial charge in [-0.05, 0) is 5.16 Å². The second kappa shape index (κ2) is 4.91. The number of hydrogen-bond donors (Lipinski definition) is 2. The third-order valence-corrected chi connectivity index (χ3v) is 3.04. The average Bonchev–Trinajstić information content (AvgIpc) is 2.90. The number of carbonyl (C=O) groups is 1. The summed E-state index contributed by atoms with van der Waals surface area (Å²) in [5.74, 6) is 1.09. The Balaban J connectivity index is 1.67. The number of nitrogens with zero attached hydrogens (tertiary/aromatic N) is 3. The van der Waals surface area contributed by atoms with Crippen LogP contribution >= 0.6 is 0 Å². The SMILES string of the molecule is O=C1CNC(c2nc(N3CCOCC3)no2)CN1. The van der Waals surface area contributed by atoms with Crippen molar-refractivity contribution in [3.05, 3.63) is 5.89 Å². The summed E-state index contributed by atoms with van der Waals surface area (Å²) in [6.45, 7) is 3.66. The summed E-state index contributed by atoms with van der Waals surface area (Å²) in [7, 11) is 0. The van der Waals surface area contributed by atoms with Crippen LogP contribution in [0.4, 0.5) is 5.95 Å². The number of ether oxygens (including phenoxy) is 1. The fraction of sp³-hybridized carbons (Fsp3) is 0.700. The first-order valence-corrected chi connectivity index (χ1v) is 5.99. The van der Waals surface area contributed by atoms with Gasteiger partial charge in [0, 0.05) is 19.6 Å². The lowest BCUT2D eigenvalue weighted by Gasteiger charge is -2.24. The highest BCUT2D eigenvalue weighted by Gasteiger charge is 2.25. The van der Waals surface area contributed by atoms with Gasteiger partial charge >= 0.3 is 0 Å². The molecule has 3 rings (SSSR count). The minimum Gasteiger partial charge on any atom is -0.378 e. The first-order valence-electron chi connectivity index (χ1n) is 5.99. The van der Waals surface area contributed by atoms with Gasteiger partial charge in [0.25, 0.3) is 5.95 Å². The maximum absolute atomic E-state index is 11.0. The van der Waals surface area contributed by atoms with Crippen molar-refractivity contribution >= 4 is 11.9 Å². The molecule has 0 aromatic carbocycles. The van der Waals surface area contributed by atoms with Crippen LogP contribution in [-0.4, -0.2) is 55.4 Å². The molecule has 2 aliphatic heterocycles. The Morgan fingerprint density at radius 1 is 1.33 bits per heavy atom. The zero-order valence-corrected chi connectivity index (χ0v) is 9.89. The normalized spacial score (nSPS) is 25.0. The van der Waals surface area contributed by atoms with Crippen molar-refractivity contribution in [2.24, 2.45) is 0 Å². The molecule has 8 nitrogen and oxygen atoms in total. The monoisotopic (exact) mass is 253 g/mol. The molecule has 2 fully saturated rings. The third kappa shape index (κ3) is 2.29. The standard InChI is InChI=1S/C10H15N5O3/c16-8-6-11-7(5-12-8)9-13-10(14-18-9)15-1-3-17-4-2-15/h7,11H,1-6H2,(H,12,16). The van der Waals surface area contributed by atoms with Gasteiger partial charge in [0.15, 0.2) is 0 Å². The van der Waals surface area contributed by atoms with Crippen molar-refractivity contribution < 1.29 is 14.1 Å². The predicted octanol–water partition coefficient (Wildman–Crippen LogP) is -1.33. The van der Waals surface area contributed by atoms with Gasteiger partial charge < -0.3 is 19.5 Å². The first-order chi connectivity index (χ1) is 8.83. The summed E-state index contributed by atoms with van der Waals surface area (Å²) < 4.78 is 10.5. The number of morpholine rings is 1. The summed E-state index contributed by atoms with van der Waals surface area (Å²) in [6, 6.07) is -0.106. The Morgan fingerprint density at radius 2 is 2.17 bits per heavy atom. The Bertz CT molecular complexity index is 419. The molecule has 0 spiro atoms. The van der Waals surface area contributed by atoms with E-state index in [0.29, 0.717) is 31.6 Å². The molecule has 3 heterocycles. The predicted molar refractivity (Wildman–Crippen MR) is 61.1 cm³/mol. The van der Waals surface area contributed by atoms with Crippen LogP contribution in [0.1, 0.15) is 11.9 Å².